The molecule has 2 aliphatic rings. The number of ether oxygens (including phenoxy) is 3. The van der Waals surface area contributed by atoms with Crippen LogP contribution in [0, 0.1) is 5.92 Å². The Morgan fingerprint density at radius 1 is 1.07 bits per heavy atom. The van der Waals surface area contributed by atoms with Gasteiger partial charge < -0.3 is 19.3 Å². The Hall–Kier alpha value is -2.63. The van der Waals surface area contributed by atoms with Crippen molar-refractivity contribution in [2.45, 2.75) is 18.9 Å². The summed E-state index contributed by atoms with van der Waals surface area (Å²) >= 11 is 0. The third kappa shape index (κ3) is 6.51. The van der Waals surface area contributed by atoms with E-state index in [9.17, 15) is 24.0 Å². The number of nitrogens with zero attached hydrogens (tertiary/aromatic N) is 1. The van der Waals surface area contributed by atoms with E-state index in [4.69, 9.17) is 19.3 Å². The number of imide groups is 2. The quantitative estimate of drug-likeness (QED) is 0.278. The monoisotopic (exact) mass is 398 g/mol. The summed E-state index contributed by atoms with van der Waals surface area (Å²) in [6.45, 7) is 1.02. The second-order valence-corrected chi connectivity index (χ2v) is 6.12. The summed E-state index contributed by atoms with van der Waals surface area (Å²) in [5.41, 5.74) is 0. The van der Waals surface area contributed by atoms with Crippen LogP contribution in [0.15, 0.2) is 12.2 Å². The molecule has 0 saturated carbocycles. The highest BCUT2D eigenvalue weighted by molar-refractivity contribution is 6.12. The largest absolute Gasteiger partial charge is 0.481 e. The predicted octanol–water partition coefficient (Wildman–Crippen LogP) is -1.53. The SMILES string of the molecule is O=C(O)CC(OCCOCCOCCN1C(=O)C=CC1=O)C1CC(=O)NC1=O. The van der Waals surface area contributed by atoms with Gasteiger partial charge >= 0.3 is 5.97 Å². The molecular formula is C17H22N2O9. The zero-order chi connectivity index (χ0) is 20.5. The molecule has 4 amide bonds. The fourth-order valence-electron chi connectivity index (χ4n) is 2.75. The van der Waals surface area contributed by atoms with E-state index in [2.05, 4.69) is 5.32 Å². The maximum absolute atomic E-state index is 11.7. The summed E-state index contributed by atoms with van der Waals surface area (Å²) in [6.07, 6.45) is 1.01. The zero-order valence-corrected chi connectivity index (χ0v) is 15.1. The number of amides is 4. The molecule has 0 aromatic heterocycles. The van der Waals surface area contributed by atoms with Gasteiger partial charge in [0, 0.05) is 18.6 Å². The molecule has 2 rings (SSSR count). The molecule has 0 radical (unpaired) electrons. The lowest BCUT2D eigenvalue weighted by atomic mass is 9.98. The first-order valence-corrected chi connectivity index (χ1v) is 8.74. The summed E-state index contributed by atoms with van der Waals surface area (Å²) in [5, 5.41) is 11.1. The van der Waals surface area contributed by atoms with Crippen LogP contribution >= 0.6 is 0 Å². The Morgan fingerprint density at radius 2 is 1.68 bits per heavy atom. The van der Waals surface area contributed by atoms with Crippen molar-refractivity contribution >= 4 is 29.6 Å². The van der Waals surface area contributed by atoms with Crippen LogP contribution in [0.2, 0.25) is 0 Å². The van der Waals surface area contributed by atoms with E-state index in [1.165, 1.54) is 12.2 Å². The van der Waals surface area contributed by atoms with Gasteiger partial charge in [0.15, 0.2) is 0 Å². The number of hydrogen-bond donors (Lipinski definition) is 2. The zero-order valence-electron chi connectivity index (χ0n) is 15.1. The number of nitrogens with one attached hydrogen (secondary N) is 1. The summed E-state index contributed by atoms with van der Waals surface area (Å²) in [7, 11) is 0. The van der Waals surface area contributed by atoms with E-state index >= 15 is 0 Å². The number of carboxylic acid groups (broad SMARTS) is 1. The minimum atomic E-state index is -1.13. The number of carboxylic acids is 1. The molecule has 2 N–H and O–H groups in total. The van der Waals surface area contributed by atoms with Crippen LogP contribution in [0.5, 0.6) is 0 Å². The normalized spacial score (nSPS) is 20.1. The molecular weight excluding hydrogens is 376 g/mol. The summed E-state index contributed by atoms with van der Waals surface area (Å²) in [4.78, 5) is 57.6. The van der Waals surface area contributed by atoms with Crippen molar-refractivity contribution in [1.29, 1.82) is 0 Å². The standard InChI is InChI=1S/C17H22N2O9/c20-13-9-11(17(25)18-13)12(10-16(23)24)28-8-7-27-6-5-26-4-3-19-14(21)1-2-15(19)22/h1-2,11-12H,3-10H2,(H,23,24)(H,18,20,25). The number of carbonyl (C=O) groups excluding carboxylic acids is 4. The Bertz CT molecular complexity index is 643. The Morgan fingerprint density at radius 3 is 2.25 bits per heavy atom. The predicted molar refractivity (Wildman–Crippen MR) is 90.7 cm³/mol. The lowest BCUT2D eigenvalue weighted by Gasteiger charge is -2.20. The summed E-state index contributed by atoms with van der Waals surface area (Å²) in [6, 6.07) is 0. The fraction of sp³-hybridized carbons (Fsp3) is 0.588. The van der Waals surface area contributed by atoms with Gasteiger partial charge in [-0.15, -0.1) is 0 Å². The van der Waals surface area contributed by atoms with Crippen molar-refractivity contribution < 1.29 is 43.3 Å². The van der Waals surface area contributed by atoms with Crippen LogP contribution in [-0.4, -0.2) is 85.3 Å². The van der Waals surface area contributed by atoms with Gasteiger partial charge in [-0.25, -0.2) is 0 Å². The van der Waals surface area contributed by atoms with Crippen LogP contribution in [0.25, 0.3) is 0 Å². The molecule has 0 aromatic carbocycles. The van der Waals surface area contributed by atoms with Crippen LogP contribution in [-0.2, 0) is 38.2 Å². The smallest absolute Gasteiger partial charge is 0.306 e. The van der Waals surface area contributed by atoms with E-state index < -0.39 is 36.2 Å². The minimum Gasteiger partial charge on any atom is -0.481 e. The van der Waals surface area contributed by atoms with Gasteiger partial charge in [-0.1, -0.05) is 0 Å². The molecule has 28 heavy (non-hydrogen) atoms. The molecule has 11 heteroatoms. The van der Waals surface area contributed by atoms with Crippen molar-refractivity contribution in [3.63, 3.8) is 0 Å². The van der Waals surface area contributed by atoms with Crippen LogP contribution < -0.4 is 5.32 Å². The molecule has 2 unspecified atom stereocenters. The molecule has 2 atom stereocenters. The van der Waals surface area contributed by atoms with Gasteiger partial charge in [-0.3, -0.25) is 34.2 Å². The topological polar surface area (TPSA) is 149 Å². The first-order chi connectivity index (χ1) is 13.4. The highest BCUT2D eigenvalue weighted by atomic mass is 16.5. The first-order valence-electron chi connectivity index (χ1n) is 8.74. The van der Waals surface area contributed by atoms with E-state index in [-0.39, 0.29) is 57.8 Å². The third-order valence-corrected chi connectivity index (χ3v) is 4.12. The fourth-order valence-corrected chi connectivity index (χ4v) is 2.75. The van der Waals surface area contributed by atoms with Crippen molar-refractivity contribution in [3.8, 4) is 0 Å². The molecule has 2 heterocycles. The average Bonchev–Trinajstić information content (AvgIpc) is 3.13. The van der Waals surface area contributed by atoms with Gasteiger partial charge in [0.1, 0.15) is 0 Å². The summed E-state index contributed by atoms with van der Waals surface area (Å²) in [5.74, 6) is -3.66. The Balaban J connectivity index is 1.55. The van der Waals surface area contributed by atoms with Gasteiger partial charge in [-0.05, 0) is 0 Å². The molecule has 154 valence electrons. The molecule has 0 spiro atoms. The van der Waals surface area contributed by atoms with Crippen LogP contribution in [0.3, 0.4) is 0 Å². The summed E-state index contributed by atoms with van der Waals surface area (Å²) < 4.78 is 16.0. The number of rotatable bonds is 13. The molecule has 0 bridgehead atoms. The van der Waals surface area contributed by atoms with E-state index in [0.717, 1.165) is 4.90 Å². The lowest BCUT2D eigenvalue weighted by molar-refractivity contribution is -0.144. The van der Waals surface area contributed by atoms with Crippen LogP contribution in [0.4, 0.5) is 0 Å². The minimum absolute atomic E-state index is 0.0539. The van der Waals surface area contributed by atoms with Crippen LogP contribution in [0.1, 0.15) is 12.8 Å². The van der Waals surface area contributed by atoms with Crippen molar-refractivity contribution in [2.75, 3.05) is 39.6 Å². The number of hydrogen-bond acceptors (Lipinski definition) is 8. The van der Waals surface area contributed by atoms with Crippen molar-refractivity contribution in [2.24, 2.45) is 5.92 Å². The van der Waals surface area contributed by atoms with Gasteiger partial charge in [0.2, 0.25) is 11.8 Å². The molecule has 1 fully saturated rings. The molecule has 0 aliphatic carbocycles. The maximum Gasteiger partial charge on any atom is 0.306 e. The first kappa shape index (κ1) is 21.7. The van der Waals surface area contributed by atoms with Gasteiger partial charge in [-0.2, -0.15) is 0 Å². The molecule has 0 aromatic rings. The van der Waals surface area contributed by atoms with E-state index in [1.54, 1.807) is 0 Å². The number of aliphatic carboxylic acids is 1. The van der Waals surface area contributed by atoms with Gasteiger partial charge in [0.25, 0.3) is 11.8 Å². The second-order valence-electron chi connectivity index (χ2n) is 6.12. The average molecular weight is 398 g/mol. The lowest BCUT2D eigenvalue weighted by Crippen LogP contribution is -2.34. The Kier molecular flexibility index (Phi) is 8.23. The third-order valence-electron chi connectivity index (χ3n) is 4.12. The highest BCUT2D eigenvalue weighted by Gasteiger charge is 2.38. The van der Waals surface area contributed by atoms with E-state index in [0.29, 0.717) is 0 Å². The van der Waals surface area contributed by atoms with Crippen molar-refractivity contribution in [1.82, 2.24) is 10.2 Å². The van der Waals surface area contributed by atoms with E-state index in [1.807, 2.05) is 0 Å². The molecule has 1 saturated heterocycles. The molecule has 11 nitrogen and oxygen atoms in total. The van der Waals surface area contributed by atoms with Gasteiger partial charge in [0.05, 0.1) is 58.0 Å². The second kappa shape index (κ2) is 10.6. The molecule has 2 aliphatic heterocycles. The Labute approximate surface area is 160 Å². The maximum atomic E-state index is 11.7. The number of carbonyl (C=O) groups is 5. The van der Waals surface area contributed by atoms with Crippen molar-refractivity contribution in [3.05, 3.63) is 12.2 Å². The highest BCUT2D eigenvalue weighted by Crippen LogP contribution is 2.20.